The molecular weight excluding hydrogens is 486 g/mol. The van der Waals surface area contributed by atoms with Crippen LogP contribution in [0, 0.1) is 20.8 Å². The maximum Gasteiger partial charge on any atom is 0.267 e. The molecule has 1 amide bonds. The number of fused-ring (bicyclic) bond motifs is 1. The maximum atomic E-state index is 13.7. The first kappa shape index (κ1) is 24.5. The number of aromatic nitrogens is 2. The lowest BCUT2D eigenvalue weighted by molar-refractivity contribution is -0.113. The summed E-state index contributed by atoms with van der Waals surface area (Å²) >= 11 is 8.91. The first-order valence-corrected chi connectivity index (χ1v) is 13.3. The lowest BCUT2D eigenvalue weighted by Crippen LogP contribution is -2.23. The number of rotatable bonds is 7. The molecule has 0 atom stereocenters. The van der Waals surface area contributed by atoms with Crippen molar-refractivity contribution in [2.24, 2.45) is 0 Å². The van der Waals surface area contributed by atoms with Gasteiger partial charge in [0, 0.05) is 15.6 Å². The zero-order valence-corrected chi connectivity index (χ0v) is 22.0. The van der Waals surface area contributed by atoms with Crippen LogP contribution in [0.25, 0.3) is 15.9 Å². The maximum absolute atomic E-state index is 13.7. The highest BCUT2D eigenvalue weighted by Crippen LogP contribution is 2.31. The lowest BCUT2D eigenvalue weighted by Gasteiger charge is -2.13. The molecule has 4 rings (SSSR count). The molecule has 8 heteroatoms. The van der Waals surface area contributed by atoms with Gasteiger partial charge in [-0.3, -0.25) is 14.2 Å². The minimum Gasteiger partial charge on any atom is -0.325 e. The summed E-state index contributed by atoms with van der Waals surface area (Å²) in [4.78, 5) is 33.2. The largest absolute Gasteiger partial charge is 0.325 e. The molecule has 176 valence electrons. The average molecular weight is 512 g/mol. The Balaban J connectivity index is 1.73. The van der Waals surface area contributed by atoms with Crippen LogP contribution in [-0.4, -0.2) is 21.2 Å². The third-order valence-corrected chi connectivity index (χ3v) is 7.99. The smallest absolute Gasteiger partial charge is 0.267 e. The number of amides is 1. The van der Waals surface area contributed by atoms with Gasteiger partial charge in [0.05, 0.1) is 16.8 Å². The number of carbonyl (C=O) groups is 1. The Morgan fingerprint density at radius 3 is 2.71 bits per heavy atom. The summed E-state index contributed by atoms with van der Waals surface area (Å²) in [5.74, 6) is -0.0726. The van der Waals surface area contributed by atoms with Crippen LogP contribution in [0.5, 0.6) is 0 Å². The van der Waals surface area contributed by atoms with Crippen molar-refractivity contribution in [3.05, 3.63) is 79.4 Å². The van der Waals surface area contributed by atoms with E-state index < -0.39 is 0 Å². The Morgan fingerprint density at radius 2 is 1.97 bits per heavy atom. The first-order valence-electron chi connectivity index (χ1n) is 11.1. The standard InChI is InChI=1S/C26H26ClN3O2S2/c1-5-7-21-17(4)23-24(34-21)29-26(30(25(23)32)19-9-6-8-15(2)12-19)33-14-22(31)28-20-13-18(27)11-10-16(20)3/h6,8-13H,5,7,14H2,1-4H3,(H,28,31). The van der Waals surface area contributed by atoms with Crippen molar-refractivity contribution < 1.29 is 4.79 Å². The molecule has 0 radical (unpaired) electrons. The molecule has 0 unspecified atom stereocenters. The molecule has 4 aromatic rings. The molecule has 0 spiro atoms. The van der Waals surface area contributed by atoms with Crippen LogP contribution >= 0.6 is 34.7 Å². The number of halogens is 1. The van der Waals surface area contributed by atoms with Gasteiger partial charge in [-0.15, -0.1) is 11.3 Å². The van der Waals surface area contributed by atoms with Crippen molar-refractivity contribution in [1.82, 2.24) is 9.55 Å². The summed E-state index contributed by atoms with van der Waals surface area (Å²) in [6.07, 6.45) is 1.92. The Labute approximate surface area is 212 Å². The van der Waals surface area contributed by atoms with Gasteiger partial charge in [-0.25, -0.2) is 4.98 Å². The highest BCUT2D eigenvalue weighted by atomic mass is 35.5. The minimum atomic E-state index is -0.186. The molecule has 1 N–H and O–H groups in total. The fourth-order valence-electron chi connectivity index (χ4n) is 3.81. The number of anilines is 1. The molecule has 2 aromatic heterocycles. The van der Waals surface area contributed by atoms with Gasteiger partial charge in [-0.1, -0.05) is 54.9 Å². The molecule has 34 heavy (non-hydrogen) atoms. The SMILES string of the molecule is CCCc1sc2nc(SCC(=O)Nc3cc(Cl)ccc3C)n(-c3cccc(C)c3)c(=O)c2c1C. The van der Waals surface area contributed by atoms with Crippen molar-refractivity contribution in [2.75, 3.05) is 11.1 Å². The first-order chi connectivity index (χ1) is 16.3. The predicted octanol–water partition coefficient (Wildman–Crippen LogP) is 6.71. The second kappa shape index (κ2) is 10.3. The second-order valence-corrected chi connectivity index (χ2v) is 10.7. The number of thiophene rings is 1. The molecule has 0 aliphatic rings. The molecule has 5 nitrogen and oxygen atoms in total. The normalized spacial score (nSPS) is 11.2. The zero-order valence-electron chi connectivity index (χ0n) is 19.6. The fourth-order valence-corrected chi connectivity index (χ4v) is 6.12. The average Bonchev–Trinajstić information content (AvgIpc) is 3.10. The van der Waals surface area contributed by atoms with Crippen LogP contribution in [0.3, 0.4) is 0 Å². The van der Waals surface area contributed by atoms with E-state index in [-0.39, 0.29) is 17.2 Å². The van der Waals surface area contributed by atoms with Crippen LogP contribution in [0.15, 0.2) is 52.4 Å². The van der Waals surface area contributed by atoms with E-state index in [9.17, 15) is 9.59 Å². The van der Waals surface area contributed by atoms with Crippen molar-refractivity contribution in [2.45, 2.75) is 45.7 Å². The van der Waals surface area contributed by atoms with Gasteiger partial charge >= 0.3 is 0 Å². The summed E-state index contributed by atoms with van der Waals surface area (Å²) in [5, 5.41) is 4.64. The molecule has 0 bridgehead atoms. The van der Waals surface area contributed by atoms with E-state index in [4.69, 9.17) is 16.6 Å². The minimum absolute atomic E-state index is 0.0969. The fraction of sp³-hybridized carbons (Fsp3) is 0.269. The van der Waals surface area contributed by atoms with Crippen LogP contribution in [0.2, 0.25) is 5.02 Å². The van der Waals surface area contributed by atoms with E-state index in [1.807, 2.05) is 51.1 Å². The van der Waals surface area contributed by atoms with Crippen molar-refractivity contribution >= 4 is 56.5 Å². The van der Waals surface area contributed by atoms with E-state index >= 15 is 0 Å². The van der Waals surface area contributed by atoms with Gasteiger partial charge in [0.15, 0.2) is 5.16 Å². The molecule has 2 heterocycles. The number of thioether (sulfide) groups is 1. The lowest BCUT2D eigenvalue weighted by atomic mass is 10.1. The zero-order chi connectivity index (χ0) is 24.4. The quantitative estimate of drug-likeness (QED) is 0.221. The summed E-state index contributed by atoms with van der Waals surface area (Å²) in [6, 6.07) is 13.2. The second-order valence-electron chi connectivity index (χ2n) is 8.25. The summed E-state index contributed by atoms with van der Waals surface area (Å²) in [7, 11) is 0. The van der Waals surface area contributed by atoms with Gasteiger partial charge in [0.1, 0.15) is 4.83 Å². The highest BCUT2D eigenvalue weighted by molar-refractivity contribution is 7.99. The molecule has 2 aromatic carbocycles. The van der Waals surface area contributed by atoms with Crippen molar-refractivity contribution in [3.63, 3.8) is 0 Å². The van der Waals surface area contributed by atoms with Gasteiger partial charge in [-0.05, 0) is 68.1 Å². The monoisotopic (exact) mass is 511 g/mol. The Bertz CT molecular complexity index is 1440. The van der Waals surface area contributed by atoms with Gasteiger partial charge in [0.25, 0.3) is 5.56 Å². The molecule has 0 saturated carbocycles. The van der Waals surface area contributed by atoms with E-state index in [2.05, 4.69) is 12.2 Å². The third-order valence-electron chi connectivity index (χ3n) is 5.58. The summed E-state index contributed by atoms with van der Waals surface area (Å²) in [6.45, 7) is 8.03. The molecule has 0 fully saturated rings. The van der Waals surface area contributed by atoms with E-state index in [0.717, 1.165) is 40.0 Å². The number of nitrogens with one attached hydrogen (secondary N) is 1. The number of nitrogens with zero attached hydrogens (tertiary/aromatic N) is 2. The van der Waals surface area contributed by atoms with Crippen molar-refractivity contribution in [3.8, 4) is 5.69 Å². The number of aryl methyl sites for hydroxylation is 4. The topological polar surface area (TPSA) is 64.0 Å². The molecular formula is C26H26ClN3O2S2. The van der Waals surface area contributed by atoms with Gasteiger partial charge < -0.3 is 5.32 Å². The van der Waals surface area contributed by atoms with E-state index in [1.54, 1.807) is 28.0 Å². The highest BCUT2D eigenvalue weighted by Gasteiger charge is 2.20. The Hall–Kier alpha value is -2.61. The van der Waals surface area contributed by atoms with Crippen LogP contribution in [-0.2, 0) is 11.2 Å². The van der Waals surface area contributed by atoms with Crippen LogP contribution in [0.1, 0.15) is 34.9 Å². The molecule has 0 saturated heterocycles. The van der Waals surface area contributed by atoms with Gasteiger partial charge in [0.2, 0.25) is 5.91 Å². The third kappa shape index (κ3) is 5.06. The number of benzene rings is 2. The molecule has 0 aliphatic carbocycles. The van der Waals surface area contributed by atoms with E-state index in [1.165, 1.54) is 16.6 Å². The number of carbonyl (C=O) groups excluding carboxylic acids is 1. The van der Waals surface area contributed by atoms with E-state index in [0.29, 0.717) is 21.3 Å². The van der Waals surface area contributed by atoms with Gasteiger partial charge in [-0.2, -0.15) is 0 Å². The van der Waals surface area contributed by atoms with Crippen LogP contribution in [0.4, 0.5) is 5.69 Å². The van der Waals surface area contributed by atoms with Crippen LogP contribution < -0.4 is 10.9 Å². The predicted molar refractivity (Wildman–Crippen MR) is 144 cm³/mol. The Kier molecular flexibility index (Phi) is 7.45. The summed E-state index contributed by atoms with van der Waals surface area (Å²) < 4.78 is 1.63. The number of hydrogen-bond donors (Lipinski definition) is 1. The molecule has 0 aliphatic heterocycles. The van der Waals surface area contributed by atoms with Crippen molar-refractivity contribution in [1.29, 1.82) is 0 Å². The number of hydrogen-bond acceptors (Lipinski definition) is 5. The Morgan fingerprint density at radius 1 is 1.18 bits per heavy atom. The summed E-state index contributed by atoms with van der Waals surface area (Å²) in [5.41, 5.74) is 4.30.